The van der Waals surface area contributed by atoms with Crippen LogP contribution in [0.5, 0.6) is 5.75 Å². The lowest BCUT2D eigenvalue weighted by Crippen LogP contribution is -2.55. The summed E-state index contributed by atoms with van der Waals surface area (Å²) < 4.78 is 63.1. The molecule has 49 heavy (non-hydrogen) atoms. The summed E-state index contributed by atoms with van der Waals surface area (Å²) in [5.74, 6) is -5.86. The molecule has 1 amide bonds. The maximum absolute atomic E-state index is 15.0. The molecule has 3 aromatic heterocycles. The Labute approximate surface area is 283 Å². The van der Waals surface area contributed by atoms with Gasteiger partial charge in [-0.3, -0.25) is 9.78 Å². The molecule has 254 valence electrons. The molecule has 14 heteroatoms. The average Bonchev–Trinajstić information content (AvgIpc) is 3.06. The van der Waals surface area contributed by atoms with Crippen LogP contribution in [0.2, 0.25) is 5.02 Å². The third-order valence-electron chi connectivity index (χ3n) is 8.45. The maximum Gasteiger partial charge on any atom is 0.355 e. The summed E-state index contributed by atoms with van der Waals surface area (Å²) in [6.07, 6.45) is 1.66. The van der Waals surface area contributed by atoms with Gasteiger partial charge in [0.2, 0.25) is 5.82 Å². The largest absolute Gasteiger partial charge is 0.478 e. The Morgan fingerprint density at radius 1 is 1.02 bits per heavy atom. The van der Waals surface area contributed by atoms with E-state index in [4.69, 9.17) is 21.3 Å². The second kappa shape index (κ2) is 13.5. The van der Waals surface area contributed by atoms with E-state index in [9.17, 15) is 22.8 Å². The van der Waals surface area contributed by atoms with Crippen LogP contribution in [0.1, 0.15) is 37.9 Å². The first-order valence-corrected chi connectivity index (χ1v) is 15.9. The molecule has 0 saturated carbocycles. The number of aryl methyl sites for hydroxylation is 1. The number of ether oxygens (including phenoxy) is 1. The smallest absolute Gasteiger partial charge is 0.355 e. The van der Waals surface area contributed by atoms with E-state index < -0.39 is 53.3 Å². The van der Waals surface area contributed by atoms with Gasteiger partial charge in [-0.25, -0.2) is 27.5 Å². The molecule has 4 heterocycles. The van der Waals surface area contributed by atoms with Crippen molar-refractivity contribution in [3.63, 3.8) is 0 Å². The Morgan fingerprint density at radius 2 is 1.76 bits per heavy atom. The first-order chi connectivity index (χ1) is 23.4. The molecule has 0 bridgehead atoms. The summed E-state index contributed by atoms with van der Waals surface area (Å²) in [4.78, 5) is 44.2. The molecule has 0 radical (unpaired) electrons. The van der Waals surface area contributed by atoms with E-state index >= 15 is 4.39 Å². The van der Waals surface area contributed by atoms with Crippen LogP contribution in [0.3, 0.4) is 0 Å². The number of aromatic nitrogens is 4. The van der Waals surface area contributed by atoms with E-state index in [0.717, 1.165) is 5.56 Å². The normalized spacial score (nSPS) is 14.9. The van der Waals surface area contributed by atoms with Crippen molar-refractivity contribution in [3.05, 3.63) is 105 Å². The zero-order chi connectivity index (χ0) is 35.1. The fourth-order valence-electron chi connectivity index (χ4n) is 6.02. The minimum Gasteiger partial charge on any atom is -0.478 e. The Hall–Kier alpha value is -5.04. The van der Waals surface area contributed by atoms with E-state index in [0.29, 0.717) is 28.9 Å². The predicted molar refractivity (Wildman–Crippen MR) is 177 cm³/mol. The maximum atomic E-state index is 15.0. The topological polar surface area (TPSA) is 93.5 Å². The van der Waals surface area contributed by atoms with E-state index in [2.05, 4.69) is 9.97 Å². The predicted octanol–water partition coefficient (Wildman–Crippen LogP) is 6.60. The lowest BCUT2D eigenvalue weighted by molar-refractivity contribution is -0.134. The number of benzene rings is 2. The van der Waals surface area contributed by atoms with Gasteiger partial charge in [-0.15, -0.1) is 0 Å². The molecule has 1 atom stereocenters. The number of halogens is 5. The van der Waals surface area contributed by atoms with Crippen LogP contribution >= 0.6 is 11.6 Å². The minimum absolute atomic E-state index is 0.0709. The number of hydrogen-bond donors (Lipinski definition) is 0. The molecule has 1 saturated heterocycles. The molecule has 0 aliphatic carbocycles. The summed E-state index contributed by atoms with van der Waals surface area (Å²) in [6, 6.07) is 10.4. The molecule has 1 fully saturated rings. The molecule has 1 unspecified atom stereocenters. The highest BCUT2D eigenvalue weighted by molar-refractivity contribution is 6.33. The second-order valence-corrected chi connectivity index (χ2v) is 12.5. The number of anilines is 1. The minimum atomic E-state index is -1.52. The number of rotatable bonds is 7. The Bertz CT molecular complexity index is 2160. The Kier molecular flexibility index (Phi) is 9.30. The van der Waals surface area contributed by atoms with Crippen molar-refractivity contribution in [3.8, 4) is 22.7 Å². The van der Waals surface area contributed by atoms with E-state index in [1.54, 1.807) is 36.5 Å². The highest BCUT2D eigenvalue weighted by Gasteiger charge is 2.32. The number of hydrogen-bond acceptors (Lipinski definition) is 7. The molecule has 5 aromatic rings. The van der Waals surface area contributed by atoms with Crippen molar-refractivity contribution < 1.29 is 27.1 Å². The lowest BCUT2D eigenvalue weighted by atomic mass is 10.0. The van der Waals surface area contributed by atoms with Crippen molar-refractivity contribution in [2.45, 2.75) is 39.7 Å². The molecular weight excluding hydrogens is 664 g/mol. The van der Waals surface area contributed by atoms with Crippen LogP contribution in [-0.2, 0) is 4.79 Å². The molecule has 0 N–H and O–H groups in total. The summed E-state index contributed by atoms with van der Waals surface area (Å²) in [7, 11) is 0. The highest BCUT2D eigenvalue weighted by atomic mass is 35.5. The number of amides is 1. The molecule has 9 nitrogen and oxygen atoms in total. The van der Waals surface area contributed by atoms with Gasteiger partial charge in [0.25, 0.3) is 5.91 Å². The quantitative estimate of drug-likeness (QED) is 0.140. The fraction of sp³-hybridized carbons (Fsp3) is 0.286. The van der Waals surface area contributed by atoms with Gasteiger partial charge < -0.3 is 14.5 Å². The zero-order valence-corrected chi connectivity index (χ0v) is 27.7. The lowest BCUT2D eigenvalue weighted by Gasteiger charge is -2.40. The van der Waals surface area contributed by atoms with Gasteiger partial charge in [0.1, 0.15) is 11.6 Å². The van der Waals surface area contributed by atoms with Crippen molar-refractivity contribution in [2.24, 2.45) is 0 Å². The average molecular weight is 695 g/mol. The fourth-order valence-corrected chi connectivity index (χ4v) is 6.27. The number of fused-ring (bicyclic) bond motifs is 1. The number of nitrogens with zero attached hydrogens (tertiary/aromatic N) is 6. The Morgan fingerprint density at radius 3 is 2.47 bits per heavy atom. The number of pyridine rings is 2. The summed E-state index contributed by atoms with van der Waals surface area (Å²) in [5.41, 5.74) is 1.74. The molecule has 1 aliphatic rings. The van der Waals surface area contributed by atoms with Gasteiger partial charge in [-0.1, -0.05) is 37.6 Å². The molecular formula is C35H31ClF4N6O3. The Balaban J connectivity index is 1.40. The highest BCUT2D eigenvalue weighted by Crippen LogP contribution is 2.36. The van der Waals surface area contributed by atoms with Crippen molar-refractivity contribution in [2.75, 3.05) is 31.1 Å². The SMILES string of the molecule is Cc1ccnc(C(C)C)c1-n1c(=O)nc(N2CCN(C(=O)COc3c(F)ccc(F)c3F)CC2C)c2cc(Cl)c(-c3ccccc3F)nc21. The van der Waals surface area contributed by atoms with Gasteiger partial charge >= 0.3 is 5.69 Å². The van der Waals surface area contributed by atoms with Crippen LogP contribution < -0.4 is 15.3 Å². The molecule has 1 aliphatic heterocycles. The first-order valence-electron chi connectivity index (χ1n) is 15.5. The van der Waals surface area contributed by atoms with Crippen LogP contribution in [0.25, 0.3) is 28.0 Å². The van der Waals surface area contributed by atoms with Crippen molar-refractivity contribution in [1.82, 2.24) is 24.4 Å². The summed E-state index contributed by atoms with van der Waals surface area (Å²) in [6.45, 7) is 7.33. The third kappa shape index (κ3) is 6.30. The summed E-state index contributed by atoms with van der Waals surface area (Å²) >= 11 is 6.77. The van der Waals surface area contributed by atoms with E-state index in [-0.39, 0.29) is 53.3 Å². The van der Waals surface area contributed by atoms with Crippen LogP contribution in [0.4, 0.5) is 23.4 Å². The third-order valence-corrected chi connectivity index (χ3v) is 8.74. The van der Waals surface area contributed by atoms with E-state index in [1.165, 1.54) is 15.5 Å². The first kappa shape index (κ1) is 33.8. The van der Waals surface area contributed by atoms with Gasteiger partial charge in [0.05, 0.1) is 27.5 Å². The molecule has 0 spiro atoms. The van der Waals surface area contributed by atoms with Crippen LogP contribution in [0.15, 0.2) is 59.5 Å². The number of piperazine rings is 1. The van der Waals surface area contributed by atoms with Crippen LogP contribution in [0, 0.1) is 30.2 Å². The summed E-state index contributed by atoms with van der Waals surface area (Å²) in [5, 5.41) is 0.544. The van der Waals surface area contributed by atoms with Gasteiger partial charge in [-0.05, 0) is 61.7 Å². The van der Waals surface area contributed by atoms with Gasteiger partial charge in [-0.2, -0.15) is 9.37 Å². The van der Waals surface area contributed by atoms with Crippen molar-refractivity contribution in [1.29, 1.82) is 0 Å². The van der Waals surface area contributed by atoms with Crippen molar-refractivity contribution >= 4 is 34.4 Å². The second-order valence-electron chi connectivity index (χ2n) is 12.1. The number of carbonyl (C=O) groups excluding carboxylic acids is 1. The monoisotopic (exact) mass is 694 g/mol. The molecule has 6 rings (SSSR count). The van der Waals surface area contributed by atoms with E-state index in [1.807, 2.05) is 32.6 Å². The molecule has 2 aromatic carbocycles. The zero-order valence-electron chi connectivity index (χ0n) is 27.0. The van der Waals surface area contributed by atoms with Gasteiger partial charge in [0, 0.05) is 37.4 Å². The van der Waals surface area contributed by atoms with Gasteiger partial charge in [0.15, 0.2) is 29.6 Å². The van der Waals surface area contributed by atoms with Crippen LogP contribution in [-0.4, -0.2) is 62.6 Å². The standard InChI is InChI=1S/C35H31ClF4N6O3/c1-18(2)29-31(19(3)11-12-41-29)46-34-22(15-23(36)30(42-34)21-7-5-6-8-24(21)37)33(43-35(46)48)45-14-13-44(16-20(45)4)27(47)17-49-32-26(39)10-9-25(38)28(32)40/h5-12,15,18,20H,13-14,16-17H2,1-4H3. The number of carbonyl (C=O) groups is 1.